The molecule has 0 saturated carbocycles. The second-order valence-electron chi connectivity index (χ2n) is 5.08. The van der Waals surface area contributed by atoms with Gasteiger partial charge in [0.15, 0.2) is 0 Å². The van der Waals surface area contributed by atoms with Crippen molar-refractivity contribution < 1.29 is 0 Å². The zero-order chi connectivity index (χ0) is 10.8. The van der Waals surface area contributed by atoms with Crippen LogP contribution in [0.1, 0.15) is 46.6 Å². The Balaban J connectivity index is 2.77. The summed E-state index contributed by atoms with van der Waals surface area (Å²) in [7, 11) is 0. The summed E-state index contributed by atoms with van der Waals surface area (Å²) in [6, 6.07) is 0. The zero-order valence-corrected chi connectivity index (χ0v) is 10.0. The summed E-state index contributed by atoms with van der Waals surface area (Å²) >= 11 is 0. The molecule has 0 aliphatic heterocycles. The highest BCUT2D eigenvalue weighted by atomic mass is 15.3. The van der Waals surface area contributed by atoms with Crippen molar-refractivity contribution in [3.8, 4) is 0 Å². The maximum Gasteiger partial charge on any atom is 0.0527 e. The molecule has 0 aliphatic rings. The molecular weight excluding hydrogens is 172 g/mol. The average Bonchev–Trinajstić information content (AvgIpc) is 2.52. The molecule has 0 bridgehead atoms. The fraction of sp³-hybridized carbons (Fsp3) is 0.750. The average molecular weight is 194 g/mol. The monoisotopic (exact) mass is 194 g/mol. The van der Waals surface area contributed by atoms with Gasteiger partial charge in [-0.15, -0.1) is 0 Å². The van der Waals surface area contributed by atoms with Gasteiger partial charge in [0.1, 0.15) is 0 Å². The van der Waals surface area contributed by atoms with Crippen molar-refractivity contribution in [2.24, 2.45) is 5.92 Å². The van der Waals surface area contributed by atoms with E-state index in [1.165, 1.54) is 5.56 Å². The fourth-order valence-corrected chi connectivity index (χ4v) is 1.39. The molecule has 0 spiro atoms. The third-order valence-electron chi connectivity index (χ3n) is 2.85. The van der Waals surface area contributed by atoms with Crippen molar-refractivity contribution in [1.82, 2.24) is 9.78 Å². The molecule has 0 fully saturated rings. The lowest BCUT2D eigenvalue weighted by Crippen LogP contribution is -2.14. The Morgan fingerprint density at radius 1 is 1.43 bits per heavy atom. The predicted octanol–water partition coefficient (Wildman–Crippen LogP) is 3.23. The van der Waals surface area contributed by atoms with Crippen molar-refractivity contribution in [3.05, 3.63) is 18.0 Å². The predicted molar refractivity (Wildman–Crippen MR) is 60.4 cm³/mol. The van der Waals surface area contributed by atoms with Gasteiger partial charge in [0.2, 0.25) is 0 Å². The molecule has 14 heavy (non-hydrogen) atoms. The number of hydrogen-bond donors (Lipinski definition) is 0. The lowest BCUT2D eigenvalue weighted by molar-refractivity contribution is 0.477. The van der Waals surface area contributed by atoms with Crippen LogP contribution in [-0.4, -0.2) is 9.78 Å². The van der Waals surface area contributed by atoms with E-state index in [1.807, 2.05) is 6.20 Å². The first-order valence-electron chi connectivity index (χ1n) is 5.48. The topological polar surface area (TPSA) is 17.8 Å². The first kappa shape index (κ1) is 11.3. The van der Waals surface area contributed by atoms with Gasteiger partial charge in [-0.1, -0.05) is 34.6 Å². The normalized spacial score (nSPS) is 12.4. The van der Waals surface area contributed by atoms with Crippen LogP contribution in [0.15, 0.2) is 12.4 Å². The first-order chi connectivity index (χ1) is 6.45. The molecule has 0 unspecified atom stereocenters. The molecule has 2 heteroatoms. The molecule has 0 amide bonds. The summed E-state index contributed by atoms with van der Waals surface area (Å²) in [4.78, 5) is 0. The van der Waals surface area contributed by atoms with Gasteiger partial charge in [0, 0.05) is 12.7 Å². The summed E-state index contributed by atoms with van der Waals surface area (Å²) in [5, 5.41) is 4.39. The molecular formula is C12H22N2. The Labute approximate surface area is 87.3 Å². The number of hydrogen-bond acceptors (Lipinski definition) is 1. The van der Waals surface area contributed by atoms with Gasteiger partial charge < -0.3 is 0 Å². The van der Waals surface area contributed by atoms with E-state index in [2.05, 4.69) is 50.6 Å². The molecule has 1 aromatic heterocycles. The highest BCUT2D eigenvalue weighted by Crippen LogP contribution is 2.25. The van der Waals surface area contributed by atoms with Gasteiger partial charge >= 0.3 is 0 Å². The van der Waals surface area contributed by atoms with Crippen molar-refractivity contribution in [3.63, 3.8) is 0 Å². The molecule has 1 rings (SSSR count). The van der Waals surface area contributed by atoms with Crippen LogP contribution in [0, 0.1) is 5.92 Å². The van der Waals surface area contributed by atoms with Crippen LogP contribution < -0.4 is 0 Å². The van der Waals surface area contributed by atoms with Gasteiger partial charge in [-0.3, -0.25) is 4.68 Å². The number of nitrogens with zero attached hydrogens (tertiary/aromatic N) is 2. The van der Waals surface area contributed by atoms with Crippen molar-refractivity contribution >= 4 is 0 Å². The van der Waals surface area contributed by atoms with E-state index in [4.69, 9.17) is 0 Å². The van der Waals surface area contributed by atoms with Crippen molar-refractivity contribution in [1.29, 1.82) is 0 Å². The van der Waals surface area contributed by atoms with Gasteiger partial charge in [-0.2, -0.15) is 5.10 Å². The second kappa shape index (κ2) is 4.16. The van der Waals surface area contributed by atoms with Gasteiger partial charge in [-0.05, 0) is 23.3 Å². The van der Waals surface area contributed by atoms with Gasteiger partial charge in [0.25, 0.3) is 0 Å². The quantitative estimate of drug-likeness (QED) is 0.719. The molecule has 0 N–H and O–H groups in total. The highest BCUT2D eigenvalue weighted by Gasteiger charge is 2.19. The summed E-state index contributed by atoms with van der Waals surface area (Å²) in [6.45, 7) is 12.2. The second-order valence-corrected chi connectivity index (χ2v) is 5.08. The Hall–Kier alpha value is -0.790. The van der Waals surface area contributed by atoms with Crippen LogP contribution in [0.2, 0.25) is 0 Å². The summed E-state index contributed by atoms with van der Waals surface area (Å²) in [5.41, 5.74) is 1.61. The summed E-state index contributed by atoms with van der Waals surface area (Å²) in [5.74, 6) is 0.660. The minimum absolute atomic E-state index is 0.259. The van der Waals surface area contributed by atoms with Gasteiger partial charge in [0.05, 0.1) is 6.20 Å². The van der Waals surface area contributed by atoms with Crippen LogP contribution in [0.25, 0.3) is 0 Å². The lowest BCUT2D eigenvalue weighted by Gasteiger charge is -2.20. The minimum atomic E-state index is 0.259. The fourth-order valence-electron chi connectivity index (χ4n) is 1.39. The Kier molecular flexibility index (Phi) is 3.35. The van der Waals surface area contributed by atoms with Crippen LogP contribution in [0.5, 0.6) is 0 Å². The van der Waals surface area contributed by atoms with E-state index in [0.717, 1.165) is 13.0 Å². The van der Waals surface area contributed by atoms with E-state index >= 15 is 0 Å². The van der Waals surface area contributed by atoms with E-state index in [-0.39, 0.29) is 5.41 Å². The molecule has 1 aromatic rings. The summed E-state index contributed by atoms with van der Waals surface area (Å²) in [6.07, 6.45) is 5.34. The SMILES string of the molecule is CCC(C)(C)c1cnn(CC(C)C)c1. The Bertz CT molecular complexity index is 284. The van der Waals surface area contributed by atoms with Crippen LogP contribution in [-0.2, 0) is 12.0 Å². The lowest BCUT2D eigenvalue weighted by atomic mass is 9.84. The molecule has 0 aliphatic carbocycles. The van der Waals surface area contributed by atoms with Crippen LogP contribution >= 0.6 is 0 Å². The molecule has 1 heterocycles. The van der Waals surface area contributed by atoms with Crippen LogP contribution in [0.4, 0.5) is 0 Å². The largest absolute Gasteiger partial charge is 0.272 e. The number of rotatable bonds is 4. The molecule has 0 saturated heterocycles. The maximum atomic E-state index is 4.39. The first-order valence-corrected chi connectivity index (χ1v) is 5.48. The summed E-state index contributed by atoms with van der Waals surface area (Å²) < 4.78 is 2.05. The highest BCUT2D eigenvalue weighted by molar-refractivity contribution is 5.16. The third kappa shape index (κ3) is 2.60. The molecule has 2 nitrogen and oxygen atoms in total. The van der Waals surface area contributed by atoms with Crippen LogP contribution in [0.3, 0.4) is 0 Å². The molecule has 80 valence electrons. The van der Waals surface area contributed by atoms with Gasteiger partial charge in [-0.25, -0.2) is 0 Å². The molecule has 0 aromatic carbocycles. The van der Waals surface area contributed by atoms with Crippen molar-refractivity contribution in [2.75, 3.05) is 0 Å². The Morgan fingerprint density at radius 3 is 2.57 bits per heavy atom. The third-order valence-corrected chi connectivity index (χ3v) is 2.85. The Morgan fingerprint density at radius 2 is 2.07 bits per heavy atom. The number of aromatic nitrogens is 2. The zero-order valence-electron chi connectivity index (χ0n) is 10.0. The smallest absolute Gasteiger partial charge is 0.0527 e. The van der Waals surface area contributed by atoms with E-state index < -0.39 is 0 Å². The van der Waals surface area contributed by atoms with E-state index in [1.54, 1.807) is 0 Å². The van der Waals surface area contributed by atoms with E-state index in [0.29, 0.717) is 5.92 Å². The maximum absolute atomic E-state index is 4.39. The standard InChI is InChI=1S/C12H22N2/c1-6-12(4,5)11-7-13-14(9-11)8-10(2)3/h7,9-10H,6,8H2,1-5H3. The molecule has 0 radical (unpaired) electrons. The molecule has 0 atom stereocenters. The van der Waals surface area contributed by atoms with E-state index in [9.17, 15) is 0 Å². The van der Waals surface area contributed by atoms with Crippen molar-refractivity contribution in [2.45, 2.75) is 53.0 Å². The minimum Gasteiger partial charge on any atom is -0.272 e.